The molecule has 1 aliphatic heterocycles. The summed E-state index contributed by atoms with van der Waals surface area (Å²) < 4.78 is 32.6. The SMILES string of the molecule is CC1CCc2cc(S(=O)(=O)CCNC(=O)OC(C)(C)C)cc3c(=O)c(C(=O)O)cn1c23. The van der Waals surface area contributed by atoms with Gasteiger partial charge in [0.15, 0.2) is 9.84 Å². The number of hydrogen-bond acceptors (Lipinski definition) is 6. The predicted molar refractivity (Wildman–Crippen MR) is 114 cm³/mol. The molecule has 3 rings (SSSR count). The second-order valence-electron chi connectivity index (χ2n) is 8.70. The number of nitrogens with one attached hydrogen (secondary N) is 1. The van der Waals surface area contributed by atoms with Gasteiger partial charge in [0, 0.05) is 24.2 Å². The van der Waals surface area contributed by atoms with E-state index < -0.39 is 38.5 Å². The second-order valence-corrected chi connectivity index (χ2v) is 10.8. The van der Waals surface area contributed by atoms with Gasteiger partial charge in [0.1, 0.15) is 11.2 Å². The van der Waals surface area contributed by atoms with Crippen LogP contribution in [0.1, 0.15) is 56.1 Å². The van der Waals surface area contributed by atoms with Crippen LogP contribution in [0.3, 0.4) is 0 Å². The first-order chi connectivity index (χ1) is 14.3. The lowest BCUT2D eigenvalue weighted by molar-refractivity contribution is 0.0530. The molecule has 1 aromatic carbocycles. The van der Waals surface area contributed by atoms with Crippen molar-refractivity contribution in [2.75, 3.05) is 12.3 Å². The van der Waals surface area contributed by atoms with Crippen LogP contribution in [0.25, 0.3) is 10.9 Å². The smallest absolute Gasteiger partial charge is 0.407 e. The molecule has 2 N–H and O–H groups in total. The molecule has 0 radical (unpaired) electrons. The first-order valence-electron chi connectivity index (χ1n) is 9.95. The average molecular weight is 451 g/mol. The van der Waals surface area contributed by atoms with Crippen molar-refractivity contribution in [2.45, 2.75) is 57.1 Å². The predicted octanol–water partition coefficient (Wildman–Crippen LogP) is 2.51. The monoisotopic (exact) mass is 450 g/mol. The minimum absolute atomic E-state index is 0.0193. The number of aromatic nitrogens is 1. The third kappa shape index (κ3) is 4.73. The number of aromatic carboxylic acids is 1. The maximum Gasteiger partial charge on any atom is 0.407 e. The van der Waals surface area contributed by atoms with Crippen molar-refractivity contribution < 1.29 is 27.9 Å². The van der Waals surface area contributed by atoms with E-state index in [2.05, 4.69) is 5.32 Å². The lowest BCUT2D eigenvalue weighted by atomic mass is 9.96. The standard InChI is InChI=1S/C21H26N2O7S/c1-12-5-6-13-9-14(31(28,29)8-7-22-20(27)30-21(2,3)4)10-15-17(13)23(12)11-16(18(15)24)19(25)26/h9-12H,5-8H2,1-4H3,(H,22,27)(H,25,26). The number of hydrogen-bond donors (Lipinski definition) is 2. The van der Waals surface area contributed by atoms with Crippen molar-refractivity contribution >= 4 is 32.8 Å². The summed E-state index contributed by atoms with van der Waals surface area (Å²) in [5.74, 6) is -1.75. The number of alkyl carbamates (subject to hydrolysis) is 1. The number of carboxylic acids is 1. The molecule has 2 aromatic rings. The van der Waals surface area contributed by atoms with Gasteiger partial charge in [-0.25, -0.2) is 18.0 Å². The molecular formula is C21H26N2O7S. The van der Waals surface area contributed by atoms with Crippen LogP contribution >= 0.6 is 0 Å². The van der Waals surface area contributed by atoms with Crippen LogP contribution in [-0.4, -0.2) is 48.1 Å². The van der Waals surface area contributed by atoms with E-state index in [-0.39, 0.29) is 28.6 Å². The van der Waals surface area contributed by atoms with Crippen molar-refractivity contribution in [3.63, 3.8) is 0 Å². The number of pyridine rings is 1. The van der Waals surface area contributed by atoms with Crippen molar-refractivity contribution in [3.05, 3.63) is 39.7 Å². The average Bonchev–Trinajstić information content (AvgIpc) is 2.63. The number of rotatable bonds is 5. The molecule has 1 atom stereocenters. The van der Waals surface area contributed by atoms with E-state index >= 15 is 0 Å². The van der Waals surface area contributed by atoms with Gasteiger partial charge in [-0.2, -0.15) is 0 Å². The number of nitrogens with zero attached hydrogens (tertiary/aromatic N) is 1. The third-order valence-electron chi connectivity index (χ3n) is 5.11. The summed E-state index contributed by atoms with van der Waals surface area (Å²) in [5.41, 5.74) is -0.558. The lowest BCUT2D eigenvalue weighted by Crippen LogP contribution is -2.35. The van der Waals surface area contributed by atoms with Crippen LogP contribution < -0.4 is 10.7 Å². The molecule has 0 aliphatic carbocycles. The molecule has 168 valence electrons. The molecule has 1 unspecified atom stereocenters. The van der Waals surface area contributed by atoms with Crippen LogP contribution in [0.2, 0.25) is 0 Å². The maximum absolute atomic E-state index is 12.9. The fourth-order valence-electron chi connectivity index (χ4n) is 3.64. The molecule has 0 saturated carbocycles. The summed E-state index contributed by atoms with van der Waals surface area (Å²) >= 11 is 0. The number of sulfone groups is 1. The zero-order valence-corrected chi connectivity index (χ0v) is 18.7. The van der Waals surface area contributed by atoms with E-state index in [1.807, 2.05) is 6.92 Å². The van der Waals surface area contributed by atoms with Gasteiger partial charge < -0.3 is 19.7 Å². The second kappa shape index (κ2) is 7.99. The summed E-state index contributed by atoms with van der Waals surface area (Å²) in [6.45, 7) is 6.85. The molecule has 1 aromatic heterocycles. The zero-order chi connectivity index (χ0) is 23.1. The van der Waals surface area contributed by atoms with E-state index in [4.69, 9.17) is 4.74 Å². The Hall–Kier alpha value is -2.88. The minimum atomic E-state index is -3.84. The molecule has 1 aliphatic rings. The van der Waals surface area contributed by atoms with E-state index in [1.165, 1.54) is 18.3 Å². The molecule has 1 amide bonds. The summed E-state index contributed by atoms with van der Waals surface area (Å²) in [7, 11) is -3.84. The highest BCUT2D eigenvalue weighted by Gasteiger charge is 2.26. The molecule has 0 fully saturated rings. The van der Waals surface area contributed by atoms with E-state index in [0.29, 0.717) is 23.9 Å². The maximum atomic E-state index is 12.9. The highest BCUT2D eigenvalue weighted by molar-refractivity contribution is 7.91. The molecular weight excluding hydrogens is 424 g/mol. The van der Waals surface area contributed by atoms with Crippen molar-refractivity contribution in [3.8, 4) is 0 Å². The third-order valence-corrected chi connectivity index (χ3v) is 6.81. The number of carboxylic acid groups (broad SMARTS) is 1. The highest BCUT2D eigenvalue weighted by atomic mass is 32.2. The van der Waals surface area contributed by atoms with Crippen LogP contribution in [0.4, 0.5) is 4.79 Å². The van der Waals surface area contributed by atoms with Gasteiger partial charge in [-0.05, 0) is 58.2 Å². The largest absolute Gasteiger partial charge is 0.477 e. The van der Waals surface area contributed by atoms with Crippen LogP contribution in [0, 0.1) is 0 Å². The Morgan fingerprint density at radius 3 is 2.58 bits per heavy atom. The Labute approximate surface area is 179 Å². The number of carbonyl (C=O) groups excluding carboxylic acids is 1. The van der Waals surface area contributed by atoms with E-state index in [9.17, 15) is 27.9 Å². The van der Waals surface area contributed by atoms with Crippen LogP contribution in [0.15, 0.2) is 28.0 Å². The van der Waals surface area contributed by atoms with Crippen LogP contribution in [-0.2, 0) is 21.0 Å². The Kier molecular flexibility index (Phi) is 5.88. The zero-order valence-electron chi connectivity index (χ0n) is 17.9. The van der Waals surface area contributed by atoms with E-state index in [0.717, 1.165) is 0 Å². The Morgan fingerprint density at radius 1 is 1.29 bits per heavy atom. The minimum Gasteiger partial charge on any atom is -0.477 e. The quantitative estimate of drug-likeness (QED) is 0.715. The molecule has 0 bridgehead atoms. The molecule has 10 heteroatoms. The van der Waals surface area contributed by atoms with Gasteiger partial charge in [-0.3, -0.25) is 4.79 Å². The number of benzene rings is 1. The fourth-order valence-corrected chi connectivity index (χ4v) is 4.87. The summed E-state index contributed by atoms with van der Waals surface area (Å²) in [4.78, 5) is 36.0. The normalized spacial score (nSPS) is 16.2. The summed E-state index contributed by atoms with van der Waals surface area (Å²) in [6, 6.07) is 2.76. The van der Waals surface area contributed by atoms with Crippen molar-refractivity contribution in [1.29, 1.82) is 0 Å². The Balaban J connectivity index is 1.98. The summed E-state index contributed by atoms with van der Waals surface area (Å²) in [6.07, 6.45) is 1.87. The number of carbonyl (C=O) groups is 2. The van der Waals surface area contributed by atoms with Gasteiger partial charge in [-0.15, -0.1) is 0 Å². The lowest BCUT2D eigenvalue weighted by Gasteiger charge is -2.27. The first-order valence-corrected chi connectivity index (χ1v) is 11.6. The molecule has 2 heterocycles. The molecule has 31 heavy (non-hydrogen) atoms. The van der Waals surface area contributed by atoms with Crippen LogP contribution in [0.5, 0.6) is 0 Å². The van der Waals surface area contributed by atoms with Gasteiger partial charge in [-0.1, -0.05) is 0 Å². The van der Waals surface area contributed by atoms with E-state index in [1.54, 1.807) is 25.3 Å². The first kappa shape index (κ1) is 22.8. The van der Waals surface area contributed by atoms with Gasteiger partial charge in [0.25, 0.3) is 0 Å². The fraction of sp³-hybridized carbons (Fsp3) is 0.476. The Bertz CT molecular complexity index is 1220. The van der Waals surface area contributed by atoms with Crippen molar-refractivity contribution in [2.24, 2.45) is 0 Å². The molecule has 0 saturated heterocycles. The molecule has 9 nitrogen and oxygen atoms in total. The van der Waals surface area contributed by atoms with Gasteiger partial charge in [0.2, 0.25) is 5.43 Å². The number of amides is 1. The number of ether oxygens (including phenoxy) is 1. The van der Waals surface area contributed by atoms with Gasteiger partial charge >= 0.3 is 12.1 Å². The van der Waals surface area contributed by atoms with Gasteiger partial charge in [0.05, 0.1) is 16.2 Å². The molecule has 0 spiro atoms. The topological polar surface area (TPSA) is 132 Å². The Morgan fingerprint density at radius 2 is 1.97 bits per heavy atom. The number of aryl methyl sites for hydroxylation is 1. The highest BCUT2D eigenvalue weighted by Crippen LogP contribution is 2.32. The van der Waals surface area contributed by atoms with Crippen molar-refractivity contribution in [1.82, 2.24) is 9.88 Å². The summed E-state index contributed by atoms with van der Waals surface area (Å²) in [5, 5.41) is 11.9.